The number of pyridine rings is 1. The minimum Gasteiger partial charge on any atom is -0.396 e. The molecule has 1 aromatic heterocycles. The van der Waals surface area contributed by atoms with Crippen LogP contribution in [-0.2, 0) is 20.4 Å². The zero-order valence-electron chi connectivity index (χ0n) is 24.8. The summed E-state index contributed by atoms with van der Waals surface area (Å²) < 4.78 is 5.15. The van der Waals surface area contributed by atoms with Gasteiger partial charge in [-0.2, -0.15) is 0 Å². The molecular weight excluding hydrogens is 486 g/mol. The van der Waals surface area contributed by atoms with Gasteiger partial charge in [-0.05, 0) is 85.1 Å². The van der Waals surface area contributed by atoms with Crippen LogP contribution in [0, 0.1) is 0 Å². The Balaban J connectivity index is 1.46. The number of fused-ring (bicyclic) bond motifs is 1. The van der Waals surface area contributed by atoms with E-state index < -0.39 is 0 Å². The highest BCUT2D eigenvalue weighted by Gasteiger charge is 2.37. The Hall–Kier alpha value is -2.44. The largest absolute Gasteiger partial charge is 0.396 e. The normalized spacial score (nSPS) is 18.6. The lowest BCUT2D eigenvalue weighted by Crippen LogP contribution is -2.48. The zero-order chi connectivity index (χ0) is 28.0. The number of carbonyl (C=O) groups is 1. The number of carbonyl (C=O) groups excluding carboxylic acids is 1. The number of hydrogen-bond acceptors (Lipinski definition) is 5. The van der Waals surface area contributed by atoms with Gasteiger partial charge in [0.15, 0.2) is 0 Å². The van der Waals surface area contributed by atoms with Crippen molar-refractivity contribution in [2.45, 2.75) is 95.9 Å². The smallest absolute Gasteiger partial charge is 0.222 e. The number of methoxy groups -OCH3 is 1. The predicted molar refractivity (Wildman–Crippen MR) is 159 cm³/mol. The molecule has 2 aromatic rings. The van der Waals surface area contributed by atoms with E-state index in [4.69, 9.17) is 9.72 Å². The fourth-order valence-corrected chi connectivity index (χ4v) is 6.33. The highest BCUT2D eigenvalue weighted by Crippen LogP contribution is 2.46. The van der Waals surface area contributed by atoms with Crippen LogP contribution in [0.1, 0.15) is 90.2 Å². The van der Waals surface area contributed by atoms with Crippen LogP contribution in [0.5, 0.6) is 0 Å². The highest BCUT2D eigenvalue weighted by atomic mass is 16.5. The number of aromatic nitrogens is 1. The van der Waals surface area contributed by atoms with Crippen molar-refractivity contribution in [3.8, 4) is 11.3 Å². The summed E-state index contributed by atoms with van der Waals surface area (Å²) in [7, 11) is 1.68. The van der Waals surface area contributed by atoms with Crippen LogP contribution in [0.3, 0.4) is 0 Å². The number of piperidine rings is 1. The number of nitrogens with zero attached hydrogens (tertiary/aromatic N) is 3. The molecule has 1 N–H and O–H groups in total. The third kappa shape index (κ3) is 7.01. The molecule has 0 bridgehead atoms. The average Bonchev–Trinajstić information content (AvgIpc) is 2.94. The number of rotatable bonds is 11. The summed E-state index contributed by atoms with van der Waals surface area (Å²) in [6.45, 7) is 12.7. The minimum atomic E-state index is 0.171. The van der Waals surface area contributed by atoms with Crippen molar-refractivity contribution in [3.63, 3.8) is 0 Å². The molecule has 1 aliphatic heterocycles. The summed E-state index contributed by atoms with van der Waals surface area (Å²) in [5.41, 5.74) is 5.52. The number of benzene rings is 1. The number of amides is 1. The minimum absolute atomic E-state index is 0.171. The van der Waals surface area contributed by atoms with Gasteiger partial charge in [0.2, 0.25) is 5.91 Å². The van der Waals surface area contributed by atoms with Crippen LogP contribution < -0.4 is 4.90 Å². The van der Waals surface area contributed by atoms with E-state index in [1.54, 1.807) is 7.11 Å². The zero-order valence-corrected chi connectivity index (χ0v) is 24.8. The third-order valence-corrected chi connectivity index (χ3v) is 8.98. The first-order valence-corrected chi connectivity index (χ1v) is 14.9. The number of hydrogen-bond donors (Lipinski definition) is 1. The first kappa shape index (κ1) is 29.5. The Bertz CT molecular complexity index is 1110. The second kappa shape index (κ2) is 12.8. The van der Waals surface area contributed by atoms with Crippen molar-refractivity contribution in [2.75, 3.05) is 44.9 Å². The van der Waals surface area contributed by atoms with Crippen LogP contribution >= 0.6 is 0 Å². The van der Waals surface area contributed by atoms with E-state index >= 15 is 0 Å². The van der Waals surface area contributed by atoms with Gasteiger partial charge in [-0.1, -0.05) is 45.9 Å². The monoisotopic (exact) mass is 535 g/mol. The molecule has 1 aliphatic carbocycles. The van der Waals surface area contributed by atoms with Crippen molar-refractivity contribution < 1.29 is 14.6 Å². The molecule has 1 saturated heterocycles. The molecule has 2 heterocycles. The topological polar surface area (TPSA) is 65.9 Å². The van der Waals surface area contributed by atoms with Gasteiger partial charge in [-0.15, -0.1) is 0 Å². The summed E-state index contributed by atoms with van der Waals surface area (Å²) in [4.78, 5) is 22.6. The van der Waals surface area contributed by atoms with Gasteiger partial charge >= 0.3 is 0 Å². The molecule has 0 radical (unpaired) electrons. The number of anilines is 1. The molecule has 0 spiro atoms. The summed E-state index contributed by atoms with van der Waals surface area (Å²) in [6.07, 6.45) is 7.12. The molecule has 0 saturated carbocycles. The van der Waals surface area contributed by atoms with E-state index in [9.17, 15) is 9.90 Å². The Kier molecular flexibility index (Phi) is 9.71. The molecule has 1 amide bonds. The quantitative estimate of drug-likeness (QED) is 0.353. The first-order chi connectivity index (χ1) is 18.7. The van der Waals surface area contributed by atoms with Crippen molar-refractivity contribution in [2.24, 2.45) is 0 Å². The maximum absolute atomic E-state index is 13.0. The molecular formula is C33H49N3O3. The first-order valence-electron chi connectivity index (χ1n) is 14.9. The van der Waals surface area contributed by atoms with Gasteiger partial charge in [0.25, 0.3) is 0 Å². The second-order valence-electron chi connectivity index (χ2n) is 12.7. The van der Waals surface area contributed by atoms with Crippen molar-refractivity contribution >= 4 is 11.7 Å². The molecule has 1 aromatic carbocycles. The third-order valence-electron chi connectivity index (χ3n) is 8.98. The predicted octanol–water partition coefficient (Wildman–Crippen LogP) is 6.09. The number of unbranched alkanes of at least 4 members (excludes halogenated alkanes) is 1. The summed E-state index contributed by atoms with van der Waals surface area (Å²) in [5, 5.41) is 9.24. The van der Waals surface area contributed by atoms with Gasteiger partial charge in [-0.25, -0.2) is 4.98 Å². The van der Waals surface area contributed by atoms with Gasteiger partial charge in [0, 0.05) is 58.0 Å². The molecule has 1 fully saturated rings. The fourth-order valence-electron chi connectivity index (χ4n) is 6.33. The number of aliphatic hydroxyl groups excluding tert-OH is 1. The molecule has 0 unspecified atom stereocenters. The van der Waals surface area contributed by atoms with E-state index in [0.29, 0.717) is 13.0 Å². The Morgan fingerprint density at radius 2 is 1.74 bits per heavy atom. The summed E-state index contributed by atoms with van der Waals surface area (Å²) in [5.74, 6) is 1.23. The Labute approximate surface area is 235 Å². The van der Waals surface area contributed by atoms with Crippen LogP contribution in [0.4, 0.5) is 5.82 Å². The number of aliphatic hydroxyl groups is 1. The summed E-state index contributed by atoms with van der Waals surface area (Å²) >= 11 is 0. The van der Waals surface area contributed by atoms with Crippen LogP contribution in [0.2, 0.25) is 0 Å². The molecule has 214 valence electrons. The SMILES string of the molecule is COCCCC(=O)N(CCCCO)C1CCN(c2cccc(-c3ccc4c(c3)C(C)(C)CCC4(C)C)n2)CC1. The standard InChI is InChI=1S/C33H49N3O3/c1-32(2)17-18-33(3,4)28-24-25(13-14-27(28)32)29-10-8-11-30(34-29)35-20-15-26(16-21-35)36(19-6-7-22-37)31(38)12-9-23-39-5/h8,10-11,13-14,24,26,37H,6-7,9,12,15-23H2,1-5H3. The van der Waals surface area contributed by atoms with Gasteiger partial charge < -0.3 is 19.6 Å². The maximum atomic E-state index is 13.0. The lowest BCUT2D eigenvalue weighted by molar-refractivity contribution is -0.134. The summed E-state index contributed by atoms with van der Waals surface area (Å²) in [6, 6.07) is 13.6. The van der Waals surface area contributed by atoms with E-state index in [-0.39, 0.29) is 29.4 Å². The second-order valence-corrected chi connectivity index (χ2v) is 12.7. The molecule has 6 nitrogen and oxygen atoms in total. The van der Waals surface area contributed by atoms with Crippen molar-refractivity contribution in [3.05, 3.63) is 47.5 Å². The molecule has 0 atom stereocenters. The lowest BCUT2D eigenvalue weighted by Gasteiger charge is -2.42. The molecule has 39 heavy (non-hydrogen) atoms. The molecule has 2 aliphatic rings. The van der Waals surface area contributed by atoms with Crippen molar-refractivity contribution in [1.29, 1.82) is 0 Å². The van der Waals surface area contributed by atoms with Crippen molar-refractivity contribution in [1.82, 2.24) is 9.88 Å². The Morgan fingerprint density at radius 3 is 2.44 bits per heavy atom. The molecule has 6 heteroatoms. The van der Waals surface area contributed by atoms with E-state index in [1.165, 1.54) is 29.5 Å². The van der Waals surface area contributed by atoms with E-state index in [2.05, 4.69) is 73.9 Å². The van der Waals surface area contributed by atoms with E-state index in [1.807, 2.05) is 0 Å². The van der Waals surface area contributed by atoms with Crippen LogP contribution in [0.15, 0.2) is 36.4 Å². The average molecular weight is 536 g/mol. The highest BCUT2D eigenvalue weighted by molar-refractivity contribution is 5.76. The molecule has 4 rings (SSSR count). The Morgan fingerprint density at radius 1 is 1.03 bits per heavy atom. The lowest BCUT2D eigenvalue weighted by atomic mass is 9.63. The fraction of sp³-hybridized carbons (Fsp3) is 0.636. The van der Waals surface area contributed by atoms with Crippen LogP contribution in [0.25, 0.3) is 11.3 Å². The maximum Gasteiger partial charge on any atom is 0.222 e. The van der Waals surface area contributed by atoms with E-state index in [0.717, 1.165) is 63.3 Å². The van der Waals surface area contributed by atoms with Gasteiger partial charge in [-0.3, -0.25) is 4.79 Å². The van der Waals surface area contributed by atoms with Crippen LogP contribution in [-0.4, -0.2) is 66.9 Å². The van der Waals surface area contributed by atoms with Gasteiger partial charge in [0.05, 0.1) is 5.69 Å². The van der Waals surface area contributed by atoms with Gasteiger partial charge in [0.1, 0.15) is 5.82 Å². The number of ether oxygens (including phenoxy) is 1.